The SMILES string of the molecule is CCCCCCCCCCCC(=O)OS(=O)(=O)CCCO.[NaH]. The standard InChI is InChI=1S/C15H30O5S.Na.H/c1-2-3-4-5-6-7-8-9-10-12-15(17)20-21(18,19)14-11-13-16;;/h16H,2-14H2,1H3;;. The fraction of sp³-hybridized carbons (Fsp3) is 0.933. The van der Waals surface area contributed by atoms with Gasteiger partial charge < -0.3 is 9.29 Å². The molecule has 0 aliphatic carbocycles. The van der Waals surface area contributed by atoms with E-state index in [9.17, 15) is 13.2 Å². The number of unbranched alkanes of at least 4 members (excludes halogenated alkanes) is 8. The molecule has 0 radical (unpaired) electrons. The molecule has 0 aromatic heterocycles. The molecule has 0 aromatic rings. The number of aliphatic hydroxyl groups excluding tert-OH is 1. The van der Waals surface area contributed by atoms with Gasteiger partial charge in [0.25, 0.3) is 0 Å². The van der Waals surface area contributed by atoms with Crippen molar-refractivity contribution in [1.29, 1.82) is 0 Å². The number of aliphatic hydroxyl groups is 1. The summed E-state index contributed by atoms with van der Waals surface area (Å²) in [5.41, 5.74) is 0. The van der Waals surface area contributed by atoms with Crippen LogP contribution in [0, 0.1) is 0 Å². The molecule has 0 aliphatic rings. The molecule has 22 heavy (non-hydrogen) atoms. The van der Waals surface area contributed by atoms with Crippen molar-refractivity contribution < 1.29 is 22.5 Å². The molecule has 0 atom stereocenters. The van der Waals surface area contributed by atoms with Gasteiger partial charge in [-0.2, -0.15) is 8.42 Å². The van der Waals surface area contributed by atoms with Gasteiger partial charge in [0.05, 0.1) is 5.75 Å². The van der Waals surface area contributed by atoms with Crippen molar-refractivity contribution >= 4 is 45.6 Å². The molecule has 0 bridgehead atoms. The van der Waals surface area contributed by atoms with Gasteiger partial charge in [-0.3, -0.25) is 4.79 Å². The van der Waals surface area contributed by atoms with E-state index in [2.05, 4.69) is 11.1 Å². The van der Waals surface area contributed by atoms with E-state index in [1.54, 1.807) is 0 Å². The Labute approximate surface area is 157 Å². The summed E-state index contributed by atoms with van der Waals surface area (Å²) in [4.78, 5) is 11.4. The number of hydrogen-bond donors (Lipinski definition) is 1. The van der Waals surface area contributed by atoms with Crippen molar-refractivity contribution in [3.8, 4) is 0 Å². The molecule has 0 rings (SSSR count). The summed E-state index contributed by atoms with van der Waals surface area (Å²) in [7, 11) is -3.81. The van der Waals surface area contributed by atoms with Crippen LogP contribution in [-0.2, 0) is 19.1 Å². The van der Waals surface area contributed by atoms with Gasteiger partial charge in [-0.25, -0.2) is 0 Å². The van der Waals surface area contributed by atoms with Gasteiger partial charge in [0.15, 0.2) is 0 Å². The summed E-state index contributed by atoms with van der Waals surface area (Å²) in [6, 6.07) is 0. The van der Waals surface area contributed by atoms with Crippen molar-refractivity contribution in [1.82, 2.24) is 0 Å². The molecule has 0 heterocycles. The first-order chi connectivity index (χ1) is 10.0. The maximum absolute atomic E-state index is 11.4. The Morgan fingerprint density at radius 3 is 1.91 bits per heavy atom. The molecular weight excluding hydrogens is 315 g/mol. The normalized spacial score (nSPS) is 11.0. The van der Waals surface area contributed by atoms with Crippen LogP contribution in [0.5, 0.6) is 0 Å². The summed E-state index contributed by atoms with van der Waals surface area (Å²) < 4.78 is 27.0. The zero-order valence-corrected chi connectivity index (χ0v) is 14.0. The van der Waals surface area contributed by atoms with E-state index in [0.717, 1.165) is 12.8 Å². The molecule has 0 amide bonds. The molecule has 0 aromatic carbocycles. The molecule has 0 aliphatic heterocycles. The quantitative estimate of drug-likeness (QED) is 0.297. The summed E-state index contributed by atoms with van der Waals surface area (Å²) in [5.74, 6) is -0.997. The Morgan fingerprint density at radius 2 is 1.41 bits per heavy atom. The van der Waals surface area contributed by atoms with Gasteiger partial charge in [0.1, 0.15) is 0 Å². The second kappa shape index (κ2) is 16.2. The van der Waals surface area contributed by atoms with Crippen molar-refractivity contribution in [2.45, 2.75) is 77.6 Å². The Hall–Kier alpha value is 0.380. The Bertz CT molecular complexity index is 357. The molecular formula is C15H31NaO5S. The topological polar surface area (TPSA) is 80.7 Å². The fourth-order valence-corrected chi connectivity index (χ4v) is 2.98. The second-order valence-corrected chi connectivity index (χ2v) is 7.06. The predicted molar refractivity (Wildman–Crippen MR) is 90.6 cm³/mol. The van der Waals surface area contributed by atoms with E-state index >= 15 is 0 Å². The van der Waals surface area contributed by atoms with Crippen LogP contribution in [0.15, 0.2) is 0 Å². The van der Waals surface area contributed by atoms with Gasteiger partial charge in [-0.15, -0.1) is 0 Å². The Balaban J connectivity index is 0. The predicted octanol–water partition coefficient (Wildman–Crippen LogP) is 2.51. The van der Waals surface area contributed by atoms with Crippen LogP contribution in [0.3, 0.4) is 0 Å². The minimum atomic E-state index is -3.81. The summed E-state index contributed by atoms with van der Waals surface area (Å²) >= 11 is 0. The van der Waals surface area contributed by atoms with Crippen LogP contribution >= 0.6 is 0 Å². The molecule has 0 saturated carbocycles. The van der Waals surface area contributed by atoms with Gasteiger partial charge in [0, 0.05) is 13.0 Å². The number of carbonyl (C=O) groups is 1. The molecule has 0 spiro atoms. The molecule has 0 fully saturated rings. The Morgan fingerprint density at radius 1 is 0.909 bits per heavy atom. The van der Waals surface area contributed by atoms with Crippen LogP contribution in [0.25, 0.3) is 0 Å². The average Bonchev–Trinajstić information content (AvgIpc) is 2.43. The summed E-state index contributed by atoms with van der Waals surface area (Å²) in [5, 5.41) is 8.55. The average molecular weight is 346 g/mol. The van der Waals surface area contributed by atoms with Crippen LogP contribution in [0.2, 0.25) is 0 Å². The number of carbonyl (C=O) groups excluding carboxylic acids is 1. The number of hydrogen-bond acceptors (Lipinski definition) is 5. The molecule has 128 valence electrons. The van der Waals surface area contributed by atoms with Crippen molar-refractivity contribution in [2.24, 2.45) is 0 Å². The van der Waals surface area contributed by atoms with Gasteiger partial charge in [-0.1, -0.05) is 58.3 Å². The summed E-state index contributed by atoms with van der Waals surface area (Å²) in [6.45, 7) is 1.97. The fourth-order valence-electron chi connectivity index (χ4n) is 2.05. The second-order valence-electron chi connectivity index (χ2n) is 5.37. The van der Waals surface area contributed by atoms with E-state index in [1.807, 2.05) is 0 Å². The third-order valence-electron chi connectivity index (χ3n) is 3.26. The summed E-state index contributed by atoms with van der Waals surface area (Å²) in [6.07, 6.45) is 10.5. The van der Waals surface area contributed by atoms with Crippen LogP contribution in [-0.4, -0.2) is 61.4 Å². The maximum atomic E-state index is 11.4. The van der Waals surface area contributed by atoms with Crippen LogP contribution in [0.1, 0.15) is 77.6 Å². The number of rotatable bonds is 14. The van der Waals surface area contributed by atoms with E-state index in [4.69, 9.17) is 5.11 Å². The van der Waals surface area contributed by atoms with E-state index in [0.29, 0.717) is 6.42 Å². The van der Waals surface area contributed by atoms with E-state index in [1.165, 1.54) is 38.5 Å². The van der Waals surface area contributed by atoms with Gasteiger partial charge in [-0.05, 0) is 12.8 Å². The van der Waals surface area contributed by atoms with Crippen molar-refractivity contribution in [3.63, 3.8) is 0 Å². The van der Waals surface area contributed by atoms with Crippen molar-refractivity contribution in [2.75, 3.05) is 12.4 Å². The third-order valence-corrected chi connectivity index (χ3v) is 4.49. The zero-order chi connectivity index (χ0) is 16.0. The van der Waals surface area contributed by atoms with Crippen molar-refractivity contribution in [3.05, 3.63) is 0 Å². The molecule has 0 saturated heterocycles. The molecule has 1 N–H and O–H groups in total. The molecule has 0 unspecified atom stereocenters. The first kappa shape index (κ1) is 24.6. The van der Waals surface area contributed by atoms with E-state index < -0.39 is 16.1 Å². The monoisotopic (exact) mass is 346 g/mol. The first-order valence-electron chi connectivity index (χ1n) is 8.07. The van der Waals surface area contributed by atoms with Crippen LogP contribution < -0.4 is 0 Å². The molecule has 7 heteroatoms. The Kier molecular flexibility index (Phi) is 18.2. The molecule has 5 nitrogen and oxygen atoms in total. The van der Waals surface area contributed by atoms with Gasteiger partial charge in [0.2, 0.25) is 0 Å². The van der Waals surface area contributed by atoms with Gasteiger partial charge >= 0.3 is 45.6 Å². The third kappa shape index (κ3) is 16.7. The first-order valence-corrected chi connectivity index (χ1v) is 9.65. The van der Waals surface area contributed by atoms with Crippen LogP contribution in [0.4, 0.5) is 0 Å². The van der Waals surface area contributed by atoms with E-state index in [-0.39, 0.29) is 54.8 Å². The zero-order valence-electron chi connectivity index (χ0n) is 13.2. The minimum absolute atomic E-state index is 0.